The first-order chi connectivity index (χ1) is 15.5. The average Bonchev–Trinajstić information content (AvgIpc) is 3.46. The Morgan fingerprint density at radius 1 is 1.16 bits per heavy atom. The van der Waals surface area contributed by atoms with E-state index in [4.69, 9.17) is 13.9 Å². The zero-order valence-electron chi connectivity index (χ0n) is 17.4. The van der Waals surface area contributed by atoms with E-state index in [1.54, 1.807) is 39.3 Å². The topological polar surface area (TPSA) is 114 Å². The molecule has 0 radical (unpaired) electrons. The maximum absolute atomic E-state index is 10.8. The number of rotatable bonds is 7. The molecular formula is C22H18N4O4S2. The summed E-state index contributed by atoms with van der Waals surface area (Å²) in [7, 11) is 3.12. The summed E-state index contributed by atoms with van der Waals surface area (Å²) >= 11 is 2.50. The number of allylic oxidation sites excluding steroid dienone is 1. The van der Waals surface area contributed by atoms with E-state index in [0.717, 1.165) is 22.0 Å². The number of thioether (sulfide) groups is 1. The third-order valence-corrected chi connectivity index (χ3v) is 6.54. The highest BCUT2D eigenvalue weighted by atomic mass is 32.2. The molecule has 0 aliphatic heterocycles. The summed E-state index contributed by atoms with van der Waals surface area (Å²) in [4.78, 5) is 4.46. The molecule has 0 aliphatic rings. The van der Waals surface area contributed by atoms with Gasteiger partial charge in [-0.2, -0.15) is 5.26 Å². The number of hydrogen-bond acceptors (Lipinski definition) is 10. The number of para-hydroxylation sites is 1. The molecule has 4 aromatic rings. The van der Waals surface area contributed by atoms with E-state index in [1.807, 2.05) is 24.3 Å². The molecule has 0 saturated heterocycles. The molecule has 2 heterocycles. The Morgan fingerprint density at radius 3 is 2.53 bits per heavy atom. The molecule has 0 spiro atoms. The van der Waals surface area contributed by atoms with Gasteiger partial charge in [0.25, 0.3) is 5.22 Å². The predicted octanol–water partition coefficient (Wildman–Crippen LogP) is 5.34. The Hall–Kier alpha value is -3.55. The average molecular weight is 467 g/mol. The second-order valence-electron chi connectivity index (χ2n) is 6.59. The van der Waals surface area contributed by atoms with Gasteiger partial charge in [-0.15, -0.1) is 21.5 Å². The standard InChI is InChI=1S/C22H18N4O4S2/c1-12(19(27)16(11-23)21-24-17-6-4-5-7-18(17)32-21)31-22-26-25-20(30-22)13-8-14(28-2)10-15(9-13)29-3/h4-10,12,27H,1-3H3/b19-16-. The molecule has 4 rings (SSSR count). The van der Waals surface area contributed by atoms with Crippen LogP contribution in [0.4, 0.5) is 0 Å². The van der Waals surface area contributed by atoms with Crippen LogP contribution in [0, 0.1) is 11.3 Å². The van der Waals surface area contributed by atoms with Gasteiger partial charge in [0.15, 0.2) is 0 Å². The molecule has 1 unspecified atom stereocenters. The molecule has 32 heavy (non-hydrogen) atoms. The number of aliphatic hydroxyl groups excluding tert-OH is 1. The SMILES string of the molecule is COc1cc(OC)cc(-c2nnc(SC(C)/C(O)=C(\C#N)c3nc4ccccc4s3)o2)c1. The van der Waals surface area contributed by atoms with Crippen LogP contribution in [0.2, 0.25) is 0 Å². The van der Waals surface area contributed by atoms with Crippen LogP contribution < -0.4 is 9.47 Å². The lowest BCUT2D eigenvalue weighted by atomic mass is 10.2. The molecule has 162 valence electrons. The van der Waals surface area contributed by atoms with Crippen molar-refractivity contribution in [2.75, 3.05) is 14.2 Å². The minimum absolute atomic E-state index is 0.0978. The first kappa shape index (κ1) is 21.7. The third kappa shape index (κ3) is 4.39. The molecule has 2 aromatic carbocycles. The van der Waals surface area contributed by atoms with Crippen molar-refractivity contribution in [1.82, 2.24) is 15.2 Å². The van der Waals surface area contributed by atoms with Gasteiger partial charge in [0.2, 0.25) is 5.89 Å². The lowest BCUT2D eigenvalue weighted by Crippen LogP contribution is -2.04. The van der Waals surface area contributed by atoms with Gasteiger partial charge in [0, 0.05) is 11.6 Å². The van der Waals surface area contributed by atoms with Gasteiger partial charge in [-0.1, -0.05) is 23.9 Å². The lowest BCUT2D eigenvalue weighted by molar-refractivity contribution is 0.394. The fourth-order valence-electron chi connectivity index (χ4n) is 2.91. The maximum atomic E-state index is 10.8. The minimum Gasteiger partial charge on any atom is -0.510 e. The van der Waals surface area contributed by atoms with Gasteiger partial charge in [0.05, 0.1) is 29.7 Å². The molecule has 0 saturated carbocycles. The summed E-state index contributed by atoms with van der Waals surface area (Å²) in [5.41, 5.74) is 1.55. The molecule has 0 amide bonds. The Morgan fingerprint density at radius 2 is 1.88 bits per heavy atom. The number of nitrogens with zero attached hydrogens (tertiary/aromatic N) is 4. The van der Waals surface area contributed by atoms with Gasteiger partial charge in [0.1, 0.15) is 33.9 Å². The Bertz CT molecular complexity index is 1280. The van der Waals surface area contributed by atoms with E-state index in [2.05, 4.69) is 21.3 Å². The van der Waals surface area contributed by atoms with E-state index >= 15 is 0 Å². The van der Waals surface area contributed by atoms with Crippen LogP contribution in [-0.2, 0) is 0 Å². The second kappa shape index (κ2) is 9.30. The van der Waals surface area contributed by atoms with Gasteiger partial charge in [-0.3, -0.25) is 0 Å². The molecule has 1 N–H and O–H groups in total. The predicted molar refractivity (Wildman–Crippen MR) is 123 cm³/mol. The molecular weight excluding hydrogens is 448 g/mol. The number of aromatic nitrogens is 3. The van der Waals surface area contributed by atoms with Crippen LogP contribution in [0.5, 0.6) is 11.5 Å². The Labute approximate surface area is 192 Å². The van der Waals surface area contributed by atoms with Crippen molar-refractivity contribution < 1.29 is 19.0 Å². The minimum atomic E-state index is -0.509. The van der Waals surface area contributed by atoms with E-state index < -0.39 is 5.25 Å². The number of hydrogen-bond donors (Lipinski definition) is 1. The van der Waals surface area contributed by atoms with Gasteiger partial charge < -0.3 is 19.0 Å². The first-order valence-electron chi connectivity index (χ1n) is 9.45. The van der Waals surface area contributed by atoms with Crippen molar-refractivity contribution in [1.29, 1.82) is 5.26 Å². The van der Waals surface area contributed by atoms with E-state index in [0.29, 0.717) is 22.1 Å². The number of methoxy groups -OCH3 is 2. The molecule has 1 atom stereocenters. The van der Waals surface area contributed by atoms with Crippen LogP contribution >= 0.6 is 23.1 Å². The number of aliphatic hydroxyl groups is 1. The number of nitriles is 1. The van der Waals surface area contributed by atoms with Crippen LogP contribution in [0.15, 0.2) is 57.9 Å². The van der Waals surface area contributed by atoms with E-state index in [-0.39, 0.29) is 22.4 Å². The van der Waals surface area contributed by atoms with Crippen LogP contribution in [-0.4, -0.2) is 39.8 Å². The lowest BCUT2D eigenvalue weighted by Gasteiger charge is -2.09. The third-order valence-electron chi connectivity index (χ3n) is 4.54. The smallest absolute Gasteiger partial charge is 0.277 e. The van der Waals surface area contributed by atoms with Crippen molar-refractivity contribution >= 4 is 38.9 Å². The largest absolute Gasteiger partial charge is 0.510 e. The van der Waals surface area contributed by atoms with Crippen LogP contribution in [0.1, 0.15) is 11.9 Å². The number of fused-ring (bicyclic) bond motifs is 1. The molecule has 0 bridgehead atoms. The Balaban J connectivity index is 1.58. The summed E-state index contributed by atoms with van der Waals surface area (Å²) < 4.78 is 17.2. The first-order valence-corrected chi connectivity index (χ1v) is 11.1. The highest BCUT2D eigenvalue weighted by Gasteiger charge is 2.22. The van der Waals surface area contributed by atoms with Crippen molar-refractivity contribution in [3.05, 3.63) is 53.2 Å². The fourth-order valence-corrected chi connectivity index (χ4v) is 4.63. The monoisotopic (exact) mass is 466 g/mol. The summed E-state index contributed by atoms with van der Waals surface area (Å²) in [5.74, 6) is 1.37. The quantitative estimate of drug-likeness (QED) is 0.219. The molecule has 2 aromatic heterocycles. The van der Waals surface area contributed by atoms with Crippen molar-refractivity contribution in [3.63, 3.8) is 0 Å². The Kier molecular flexibility index (Phi) is 6.30. The highest BCUT2D eigenvalue weighted by Crippen LogP contribution is 2.35. The van der Waals surface area contributed by atoms with Crippen LogP contribution in [0.25, 0.3) is 27.2 Å². The molecule has 8 nitrogen and oxygen atoms in total. The van der Waals surface area contributed by atoms with E-state index in [1.165, 1.54) is 11.3 Å². The highest BCUT2D eigenvalue weighted by molar-refractivity contribution is 7.99. The van der Waals surface area contributed by atoms with Gasteiger partial charge in [-0.05, 0) is 31.2 Å². The number of ether oxygens (including phenoxy) is 2. The zero-order valence-corrected chi connectivity index (χ0v) is 19.0. The summed E-state index contributed by atoms with van der Waals surface area (Å²) in [5, 5.41) is 28.8. The normalized spacial score (nSPS) is 12.8. The fraction of sp³-hybridized carbons (Fsp3) is 0.182. The molecule has 10 heteroatoms. The van der Waals surface area contributed by atoms with Crippen molar-refractivity contribution in [2.24, 2.45) is 0 Å². The summed E-state index contributed by atoms with van der Waals surface area (Å²) in [6, 6.07) is 14.9. The van der Waals surface area contributed by atoms with Crippen molar-refractivity contribution in [3.8, 4) is 29.0 Å². The molecule has 0 fully saturated rings. The zero-order chi connectivity index (χ0) is 22.7. The maximum Gasteiger partial charge on any atom is 0.277 e. The van der Waals surface area contributed by atoms with Crippen LogP contribution in [0.3, 0.4) is 0 Å². The molecule has 0 aliphatic carbocycles. The van der Waals surface area contributed by atoms with Crippen molar-refractivity contribution in [2.45, 2.75) is 17.4 Å². The summed E-state index contributed by atoms with van der Waals surface area (Å²) in [6.07, 6.45) is 0. The second-order valence-corrected chi connectivity index (χ2v) is 8.92. The van der Waals surface area contributed by atoms with Gasteiger partial charge >= 0.3 is 0 Å². The summed E-state index contributed by atoms with van der Waals surface area (Å²) in [6.45, 7) is 1.75. The van der Waals surface area contributed by atoms with E-state index in [9.17, 15) is 10.4 Å². The number of thiazole rings is 1. The van der Waals surface area contributed by atoms with Gasteiger partial charge in [-0.25, -0.2) is 4.98 Å². The number of benzene rings is 2.